The quantitative estimate of drug-likeness (QED) is 0.850. The molecular weight excluding hydrogens is 276 g/mol. The zero-order valence-electron chi connectivity index (χ0n) is 14.6. The third-order valence-electron chi connectivity index (χ3n) is 3.16. The van der Waals surface area contributed by atoms with Crippen molar-refractivity contribution in [3.63, 3.8) is 0 Å². The van der Waals surface area contributed by atoms with Crippen LogP contribution in [0.5, 0.6) is 0 Å². The van der Waals surface area contributed by atoms with Gasteiger partial charge in [0, 0.05) is 18.1 Å². The van der Waals surface area contributed by atoms with Gasteiger partial charge in [0.2, 0.25) is 0 Å². The number of carbonyl (C=O) groups is 1. The number of hydrogen-bond donors (Lipinski definition) is 0. The molecule has 0 unspecified atom stereocenters. The molecule has 0 bridgehead atoms. The van der Waals surface area contributed by atoms with Crippen molar-refractivity contribution in [2.24, 2.45) is 0 Å². The third kappa shape index (κ3) is 4.60. The van der Waals surface area contributed by atoms with Gasteiger partial charge in [-0.15, -0.1) is 0 Å². The highest BCUT2D eigenvalue weighted by Crippen LogP contribution is 2.22. The molecule has 0 atom stereocenters. The van der Waals surface area contributed by atoms with Crippen LogP contribution in [0.15, 0.2) is 30.5 Å². The highest BCUT2D eigenvalue weighted by Gasteiger charge is 2.15. The second-order valence-corrected chi connectivity index (χ2v) is 5.53. The lowest BCUT2D eigenvalue weighted by Gasteiger charge is -2.09. The molecule has 2 rings (SSSR count). The van der Waals surface area contributed by atoms with Gasteiger partial charge in [0.15, 0.2) is 0 Å². The summed E-state index contributed by atoms with van der Waals surface area (Å²) in [5.74, 6) is 0. The highest BCUT2D eigenvalue weighted by atomic mass is 16.6. The van der Waals surface area contributed by atoms with Crippen molar-refractivity contribution < 1.29 is 9.53 Å². The molecule has 1 aromatic heterocycles. The predicted octanol–water partition coefficient (Wildman–Crippen LogP) is 4.16. The molecule has 0 radical (unpaired) electrons. The van der Waals surface area contributed by atoms with E-state index in [1.165, 1.54) is 5.56 Å². The molecular formula is C18H28N2O2. The molecule has 0 N–H and O–H groups in total. The van der Waals surface area contributed by atoms with Gasteiger partial charge in [-0.25, -0.2) is 4.79 Å². The lowest BCUT2D eigenvalue weighted by atomic mass is 10.1. The Morgan fingerprint density at radius 2 is 1.86 bits per heavy atom. The van der Waals surface area contributed by atoms with E-state index in [1.54, 1.807) is 4.57 Å². The number of aromatic nitrogens is 1. The molecule has 0 saturated carbocycles. The minimum absolute atomic E-state index is 0.117. The molecule has 1 aromatic carbocycles. The van der Waals surface area contributed by atoms with E-state index in [4.69, 9.17) is 4.74 Å². The molecule has 0 aliphatic rings. The fraction of sp³-hybridized carbons (Fsp3) is 0.500. The van der Waals surface area contributed by atoms with E-state index in [9.17, 15) is 4.79 Å². The summed E-state index contributed by atoms with van der Waals surface area (Å²) in [6.45, 7) is 8.67. The Bertz CT molecular complexity index is 600. The lowest BCUT2D eigenvalue weighted by molar-refractivity contribution is 0.118. The number of fused-ring (bicyclic) bond motifs is 1. The number of likely N-dealkylation sites (N-methyl/N-ethyl adjacent to an activating group) is 1. The van der Waals surface area contributed by atoms with Crippen LogP contribution < -0.4 is 0 Å². The average Bonchev–Trinajstić information content (AvgIpc) is 2.85. The van der Waals surface area contributed by atoms with Gasteiger partial charge in [0.1, 0.15) is 0 Å². The van der Waals surface area contributed by atoms with Crippen LogP contribution >= 0.6 is 0 Å². The van der Waals surface area contributed by atoms with Crippen molar-refractivity contribution >= 4 is 17.0 Å². The van der Waals surface area contributed by atoms with Gasteiger partial charge in [0.25, 0.3) is 0 Å². The third-order valence-corrected chi connectivity index (χ3v) is 3.16. The number of benzene rings is 1. The second kappa shape index (κ2) is 8.59. The van der Waals surface area contributed by atoms with Crippen LogP contribution in [0.4, 0.5) is 4.79 Å². The van der Waals surface area contributed by atoms with Crippen LogP contribution in [0.2, 0.25) is 0 Å². The van der Waals surface area contributed by atoms with Crippen molar-refractivity contribution in [3.05, 3.63) is 36.0 Å². The van der Waals surface area contributed by atoms with E-state index in [0.29, 0.717) is 0 Å². The number of carbonyl (C=O) groups excluding carboxylic acids is 1. The maximum atomic E-state index is 12.2. The zero-order chi connectivity index (χ0) is 16.7. The van der Waals surface area contributed by atoms with E-state index in [2.05, 4.69) is 11.0 Å². The molecule has 0 spiro atoms. The minimum Gasteiger partial charge on any atom is -0.446 e. The van der Waals surface area contributed by atoms with Gasteiger partial charge in [-0.1, -0.05) is 32.0 Å². The smallest absolute Gasteiger partial charge is 0.418 e. The molecule has 0 amide bonds. The molecule has 0 aliphatic heterocycles. The first-order valence-electron chi connectivity index (χ1n) is 7.93. The maximum Gasteiger partial charge on any atom is 0.418 e. The van der Waals surface area contributed by atoms with Gasteiger partial charge < -0.3 is 9.64 Å². The Labute approximate surface area is 133 Å². The van der Waals surface area contributed by atoms with Crippen molar-refractivity contribution in [2.75, 3.05) is 20.6 Å². The standard InChI is InChI=1S/C16H22N2O2.C2H6/c1-12(2)20-16(19)18-11-13(9-10-17(3)4)14-7-5-6-8-15(14)18;1-2/h5-8,11-12H,9-10H2,1-4H3;1-2H3. The lowest BCUT2D eigenvalue weighted by Crippen LogP contribution is -2.17. The summed E-state index contributed by atoms with van der Waals surface area (Å²) >= 11 is 0. The van der Waals surface area contributed by atoms with E-state index < -0.39 is 0 Å². The fourth-order valence-electron chi connectivity index (χ4n) is 2.20. The molecule has 22 heavy (non-hydrogen) atoms. The first-order chi connectivity index (χ1) is 10.5. The van der Waals surface area contributed by atoms with Crippen molar-refractivity contribution in [1.82, 2.24) is 9.47 Å². The van der Waals surface area contributed by atoms with Crippen LogP contribution in [0.25, 0.3) is 10.9 Å². The number of para-hydroxylation sites is 1. The Kier molecular flexibility index (Phi) is 7.12. The first kappa shape index (κ1) is 18.2. The molecule has 4 nitrogen and oxygen atoms in total. The van der Waals surface area contributed by atoms with E-state index >= 15 is 0 Å². The minimum atomic E-state index is -0.313. The fourth-order valence-corrected chi connectivity index (χ4v) is 2.20. The van der Waals surface area contributed by atoms with Gasteiger partial charge in [-0.05, 0) is 46.0 Å². The number of rotatable bonds is 4. The van der Waals surface area contributed by atoms with Crippen LogP contribution in [-0.4, -0.2) is 42.3 Å². The van der Waals surface area contributed by atoms with Crippen LogP contribution in [0.3, 0.4) is 0 Å². The number of ether oxygens (including phenoxy) is 1. The normalized spacial score (nSPS) is 10.7. The van der Waals surface area contributed by atoms with Crippen LogP contribution in [-0.2, 0) is 11.2 Å². The molecule has 0 aliphatic carbocycles. The van der Waals surface area contributed by atoms with Gasteiger partial charge in [-0.3, -0.25) is 4.57 Å². The molecule has 0 saturated heterocycles. The largest absolute Gasteiger partial charge is 0.446 e. The maximum absolute atomic E-state index is 12.2. The van der Waals surface area contributed by atoms with E-state index in [0.717, 1.165) is 23.9 Å². The number of nitrogens with zero attached hydrogens (tertiary/aromatic N) is 2. The molecule has 0 fully saturated rings. The van der Waals surface area contributed by atoms with Crippen LogP contribution in [0.1, 0.15) is 33.3 Å². The molecule has 4 heteroatoms. The average molecular weight is 304 g/mol. The van der Waals surface area contributed by atoms with E-state index in [-0.39, 0.29) is 12.2 Å². The summed E-state index contributed by atoms with van der Waals surface area (Å²) in [6, 6.07) is 7.95. The number of hydrogen-bond acceptors (Lipinski definition) is 3. The first-order valence-corrected chi connectivity index (χ1v) is 7.93. The summed E-state index contributed by atoms with van der Waals surface area (Å²) in [4.78, 5) is 14.3. The second-order valence-electron chi connectivity index (χ2n) is 5.53. The summed E-state index contributed by atoms with van der Waals surface area (Å²) in [5.41, 5.74) is 2.09. The Balaban J connectivity index is 0.00000116. The van der Waals surface area contributed by atoms with Crippen LogP contribution in [0, 0.1) is 0 Å². The van der Waals surface area contributed by atoms with Gasteiger partial charge >= 0.3 is 6.09 Å². The summed E-state index contributed by atoms with van der Waals surface area (Å²) in [5, 5.41) is 1.12. The zero-order valence-corrected chi connectivity index (χ0v) is 14.6. The Morgan fingerprint density at radius 1 is 1.23 bits per heavy atom. The summed E-state index contributed by atoms with van der Waals surface area (Å²) in [7, 11) is 4.10. The highest BCUT2D eigenvalue weighted by molar-refractivity contribution is 5.92. The summed E-state index contributed by atoms with van der Waals surface area (Å²) in [6.07, 6.45) is 2.38. The molecule has 122 valence electrons. The van der Waals surface area contributed by atoms with Crippen molar-refractivity contribution in [1.29, 1.82) is 0 Å². The van der Waals surface area contributed by atoms with Crippen molar-refractivity contribution in [3.8, 4) is 0 Å². The predicted molar refractivity (Wildman–Crippen MR) is 92.6 cm³/mol. The van der Waals surface area contributed by atoms with E-state index in [1.807, 2.05) is 66.2 Å². The summed E-state index contributed by atoms with van der Waals surface area (Å²) < 4.78 is 6.91. The Hall–Kier alpha value is -1.81. The topological polar surface area (TPSA) is 34.5 Å². The molecule has 2 aromatic rings. The SMILES string of the molecule is CC.CC(C)OC(=O)n1cc(CCN(C)C)c2ccccc21. The van der Waals surface area contributed by atoms with Gasteiger partial charge in [0.05, 0.1) is 11.6 Å². The van der Waals surface area contributed by atoms with Crippen molar-refractivity contribution in [2.45, 2.75) is 40.2 Å². The van der Waals surface area contributed by atoms with Gasteiger partial charge in [-0.2, -0.15) is 0 Å². The molecule has 1 heterocycles. The Morgan fingerprint density at radius 3 is 2.45 bits per heavy atom. The monoisotopic (exact) mass is 304 g/mol.